The van der Waals surface area contributed by atoms with Crippen molar-refractivity contribution in [2.45, 2.75) is 32.8 Å². The van der Waals surface area contributed by atoms with E-state index in [0.29, 0.717) is 6.42 Å². The summed E-state index contributed by atoms with van der Waals surface area (Å²) >= 11 is 0. The highest BCUT2D eigenvalue weighted by molar-refractivity contribution is 5.88. The second-order valence-corrected chi connectivity index (χ2v) is 3.35. The third-order valence-corrected chi connectivity index (χ3v) is 1.57. The van der Waals surface area contributed by atoms with Crippen LogP contribution in [0.3, 0.4) is 0 Å². The van der Waals surface area contributed by atoms with E-state index in [1.54, 1.807) is 13.0 Å². The Balaban J connectivity index is 4.13. The topological polar surface area (TPSA) is 37.3 Å². The van der Waals surface area contributed by atoms with Crippen molar-refractivity contribution < 1.29 is 9.90 Å². The summed E-state index contributed by atoms with van der Waals surface area (Å²) in [6, 6.07) is 0. The van der Waals surface area contributed by atoms with E-state index in [0.717, 1.165) is 0 Å². The van der Waals surface area contributed by atoms with Crippen LogP contribution in [-0.4, -0.2) is 16.5 Å². The van der Waals surface area contributed by atoms with Crippen LogP contribution in [0.5, 0.6) is 0 Å². The van der Waals surface area contributed by atoms with Gasteiger partial charge in [0.2, 0.25) is 0 Å². The van der Waals surface area contributed by atoms with E-state index < -0.39 is 5.60 Å². The maximum absolute atomic E-state index is 11.3. The zero-order chi connectivity index (χ0) is 9.07. The summed E-state index contributed by atoms with van der Waals surface area (Å²) in [4.78, 5) is 11.3. The Hall–Kier alpha value is -0.630. The van der Waals surface area contributed by atoms with Gasteiger partial charge < -0.3 is 5.11 Å². The quantitative estimate of drug-likeness (QED) is 0.627. The summed E-state index contributed by atoms with van der Waals surface area (Å²) in [5.74, 6) is -0.259. The Morgan fingerprint density at radius 2 is 2.18 bits per heavy atom. The molecule has 0 fully saturated rings. The molecule has 0 bridgehead atoms. The minimum absolute atomic E-state index is 0.127. The number of hydrogen-bond acceptors (Lipinski definition) is 2. The van der Waals surface area contributed by atoms with Crippen molar-refractivity contribution in [3.8, 4) is 0 Å². The third kappa shape index (κ3) is 3.33. The van der Waals surface area contributed by atoms with Gasteiger partial charge in [-0.25, -0.2) is 0 Å². The fraction of sp³-hybridized carbons (Fsp3) is 0.667. The number of allylic oxidation sites excluding steroid dienone is 1. The van der Waals surface area contributed by atoms with Crippen molar-refractivity contribution in [3.63, 3.8) is 0 Å². The molecule has 2 heteroatoms. The Morgan fingerprint density at radius 1 is 1.73 bits per heavy atom. The number of ketones is 1. The second kappa shape index (κ2) is 3.67. The molecule has 0 aromatic carbocycles. The first-order valence-corrected chi connectivity index (χ1v) is 3.77. The molecule has 0 aliphatic rings. The smallest absolute Gasteiger partial charge is 0.166 e. The van der Waals surface area contributed by atoms with Crippen LogP contribution in [0.15, 0.2) is 12.7 Å². The molecule has 0 rings (SSSR count). The van der Waals surface area contributed by atoms with Gasteiger partial charge >= 0.3 is 0 Å². The number of rotatable bonds is 4. The highest BCUT2D eigenvalue weighted by Crippen LogP contribution is 2.14. The maximum Gasteiger partial charge on any atom is 0.166 e. The van der Waals surface area contributed by atoms with Gasteiger partial charge in [0.05, 0.1) is 0 Å². The summed E-state index contributed by atoms with van der Waals surface area (Å²) < 4.78 is 0. The van der Waals surface area contributed by atoms with Crippen LogP contribution in [0.2, 0.25) is 0 Å². The molecular formula is C9H16O2. The highest BCUT2D eigenvalue weighted by Gasteiger charge is 2.27. The van der Waals surface area contributed by atoms with Crippen LogP contribution < -0.4 is 0 Å². The number of hydrogen-bond donors (Lipinski definition) is 1. The van der Waals surface area contributed by atoms with Gasteiger partial charge in [0, 0.05) is 5.92 Å². The molecule has 0 aliphatic heterocycles. The summed E-state index contributed by atoms with van der Waals surface area (Å²) in [5, 5.41) is 9.30. The summed E-state index contributed by atoms with van der Waals surface area (Å²) in [7, 11) is 0. The predicted molar refractivity (Wildman–Crippen MR) is 45.3 cm³/mol. The zero-order valence-corrected chi connectivity index (χ0v) is 7.42. The van der Waals surface area contributed by atoms with E-state index in [2.05, 4.69) is 6.58 Å². The van der Waals surface area contributed by atoms with Crippen LogP contribution in [0, 0.1) is 5.92 Å². The van der Waals surface area contributed by atoms with Gasteiger partial charge in [0.25, 0.3) is 0 Å². The Bertz CT molecular complexity index is 153. The van der Waals surface area contributed by atoms with E-state index >= 15 is 0 Å². The number of carbonyl (C=O) groups is 1. The number of Topliss-reactive ketones (excluding diaryl/α,β-unsaturated/α-hetero) is 1. The van der Waals surface area contributed by atoms with Crippen molar-refractivity contribution in [2.24, 2.45) is 5.92 Å². The predicted octanol–water partition coefficient (Wildman–Crippen LogP) is 1.54. The van der Waals surface area contributed by atoms with Crippen molar-refractivity contribution in [2.75, 3.05) is 0 Å². The third-order valence-electron chi connectivity index (χ3n) is 1.57. The molecule has 0 radical (unpaired) electrons. The summed E-state index contributed by atoms with van der Waals surface area (Å²) in [5.41, 5.74) is -1.21. The van der Waals surface area contributed by atoms with Gasteiger partial charge in [-0.3, -0.25) is 4.79 Å². The van der Waals surface area contributed by atoms with Crippen molar-refractivity contribution in [1.29, 1.82) is 0 Å². The van der Waals surface area contributed by atoms with Gasteiger partial charge in [-0.1, -0.05) is 13.0 Å². The van der Waals surface area contributed by atoms with E-state index in [1.165, 1.54) is 13.8 Å². The molecule has 0 heterocycles. The number of carbonyl (C=O) groups excluding carboxylic acids is 1. The average molecular weight is 156 g/mol. The highest BCUT2D eigenvalue weighted by atomic mass is 16.3. The van der Waals surface area contributed by atoms with Crippen LogP contribution in [-0.2, 0) is 4.79 Å². The lowest BCUT2D eigenvalue weighted by molar-refractivity contribution is -0.137. The molecular weight excluding hydrogens is 140 g/mol. The molecule has 0 saturated carbocycles. The molecule has 0 saturated heterocycles. The fourth-order valence-corrected chi connectivity index (χ4v) is 0.960. The summed E-state index contributed by atoms with van der Waals surface area (Å²) in [6.07, 6.45) is 2.32. The van der Waals surface area contributed by atoms with Gasteiger partial charge in [0.1, 0.15) is 5.60 Å². The molecule has 64 valence electrons. The van der Waals surface area contributed by atoms with Gasteiger partial charge in [-0.15, -0.1) is 6.58 Å². The zero-order valence-electron chi connectivity index (χ0n) is 7.42. The SMILES string of the molecule is C=CCC(C)C(=O)C(C)(C)O. The van der Waals surface area contributed by atoms with Gasteiger partial charge in [-0.05, 0) is 20.3 Å². The van der Waals surface area contributed by atoms with Crippen molar-refractivity contribution in [3.05, 3.63) is 12.7 Å². The minimum Gasteiger partial charge on any atom is -0.383 e. The van der Waals surface area contributed by atoms with E-state index in [9.17, 15) is 9.90 Å². The molecule has 0 aliphatic carbocycles. The van der Waals surface area contributed by atoms with E-state index in [1.807, 2.05) is 0 Å². The normalized spacial score (nSPS) is 14.2. The fourth-order valence-electron chi connectivity index (χ4n) is 0.960. The average Bonchev–Trinajstić information content (AvgIpc) is 1.85. The lowest BCUT2D eigenvalue weighted by atomic mass is 9.91. The Kier molecular flexibility index (Phi) is 3.46. The lowest BCUT2D eigenvalue weighted by Crippen LogP contribution is -2.35. The first-order valence-electron chi connectivity index (χ1n) is 3.77. The Morgan fingerprint density at radius 3 is 2.45 bits per heavy atom. The van der Waals surface area contributed by atoms with Crippen LogP contribution in [0.1, 0.15) is 27.2 Å². The van der Waals surface area contributed by atoms with Crippen molar-refractivity contribution >= 4 is 5.78 Å². The first-order chi connectivity index (χ1) is 4.89. The van der Waals surface area contributed by atoms with Crippen LogP contribution in [0.4, 0.5) is 0 Å². The molecule has 11 heavy (non-hydrogen) atoms. The molecule has 1 atom stereocenters. The van der Waals surface area contributed by atoms with E-state index in [-0.39, 0.29) is 11.7 Å². The van der Waals surface area contributed by atoms with Gasteiger partial charge in [-0.2, -0.15) is 0 Å². The maximum atomic E-state index is 11.3. The lowest BCUT2D eigenvalue weighted by Gasteiger charge is -2.19. The largest absolute Gasteiger partial charge is 0.383 e. The first kappa shape index (κ1) is 10.4. The van der Waals surface area contributed by atoms with Crippen LogP contribution in [0.25, 0.3) is 0 Å². The monoisotopic (exact) mass is 156 g/mol. The summed E-state index contributed by atoms with van der Waals surface area (Å²) in [6.45, 7) is 8.34. The minimum atomic E-state index is -1.21. The number of aliphatic hydroxyl groups is 1. The molecule has 0 spiro atoms. The Labute approximate surface area is 67.9 Å². The standard InChI is InChI=1S/C9H16O2/c1-5-6-7(2)8(10)9(3,4)11/h5,7,11H,1,6H2,2-4H3. The molecule has 2 nitrogen and oxygen atoms in total. The second-order valence-electron chi connectivity index (χ2n) is 3.35. The molecule has 1 unspecified atom stereocenters. The van der Waals surface area contributed by atoms with Crippen molar-refractivity contribution in [1.82, 2.24) is 0 Å². The molecule has 0 aromatic heterocycles. The van der Waals surface area contributed by atoms with Gasteiger partial charge in [0.15, 0.2) is 5.78 Å². The van der Waals surface area contributed by atoms with E-state index in [4.69, 9.17) is 0 Å². The molecule has 0 amide bonds. The van der Waals surface area contributed by atoms with Crippen LogP contribution >= 0.6 is 0 Å². The molecule has 1 N–H and O–H groups in total. The molecule has 0 aromatic rings.